The molecule has 0 heterocycles. The molecule has 0 fully saturated rings. The Kier molecular flexibility index (Phi) is 33.4. The number of rotatable bonds is 37. The first-order valence-electron chi connectivity index (χ1n) is 20.9. The Morgan fingerprint density at radius 2 is 1.26 bits per heavy atom. The number of amides is 1. The molecule has 2 N–H and O–H groups in total. The molecule has 9 nitrogen and oxygen atoms in total. The maximum atomic E-state index is 12.8. The first-order valence-corrected chi connectivity index (χ1v) is 22.4. The number of ketones is 1. The number of hydrogen-bond acceptors (Lipinski definition) is 7. The molecule has 308 valence electrons. The normalized spacial score (nSPS) is 14.8. The number of carbonyl (C=O) groups excluding carboxylic acids is 2. The molecule has 0 saturated heterocycles. The average molecular weight is 767 g/mol. The monoisotopic (exact) mass is 767 g/mol. The first kappa shape index (κ1) is 51.1. The average Bonchev–Trinajstić information content (AvgIpc) is 3.09. The lowest BCUT2D eigenvalue weighted by atomic mass is 10.0. The van der Waals surface area contributed by atoms with E-state index >= 15 is 0 Å². The molecular weight excluding hydrogens is 687 g/mol. The van der Waals surface area contributed by atoms with Gasteiger partial charge < -0.3 is 28.8 Å². The molecule has 1 amide bonds. The highest BCUT2D eigenvalue weighted by Gasteiger charge is 2.24. The predicted octanol–water partition coefficient (Wildman–Crippen LogP) is 9.85. The highest BCUT2D eigenvalue weighted by molar-refractivity contribution is 7.45. The molecule has 0 aromatic rings. The second kappa shape index (κ2) is 34.6. The van der Waals surface area contributed by atoms with Crippen LogP contribution in [0.4, 0.5) is 0 Å². The summed E-state index contributed by atoms with van der Waals surface area (Å²) in [5, 5.41) is 13.7. The van der Waals surface area contributed by atoms with Gasteiger partial charge in [0.25, 0.3) is 7.82 Å². The minimum atomic E-state index is -4.63. The Balaban J connectivity index is 4.65. The van der Waals surface area contributed by atoms with Gasteiger partial charge in [0.15, 0.2) is 5.78 Å². The Morgan fingerprint density at radius 1 is 0.717 bits per heavy atom. The zero-order valence-corrected chi connectivity index (χ0v) is 35.3. The van der Waals surface area contributed by atoms with E-state index < -0.39 is 26.6 Å². The smallest absolute Gasteiger partial charge is 0.268 e. The van der Waals surface area contributed by atoms with E-state index in [1.807, 2.05) is 33.3 Å². The van der Waals surface area contributed by atoms with Crippen molar-refractivity contribution in [3.05, 3.63) is 48.6 Å². The zero-order chi connectivity index (χ0) is 39.5. The third-order valence-corrected chi connectivity index (χ3v) is 10.0. The number of hydrogen-bond donors (Lipinski definition) is 2. The van der Waals surface area contributed by atoms with Crippen molar-refractivity contribution in [2.45, 2.75) is 174 Å². The fourth-order valence-electron chi connectivity index (χ4n) is 5.64. The summed E-state index contributed by atoms with van der Waals surface area (Å²) >= 11 is 0. The summed E-state index contributed by atoms with van der Waals surface area (Å²) in [5.41, 5.74) is 0. The van der Waals surface area contributed by atoms with Gasteiger partial charge in [-0.25, -0.2) is 0 Å². The molecule has 0 bridgehead atoms. The number of aliphatic hydroxyl groups excluding tert-OH is 1. The number of unbranched alkanes of at least 4 members (excludes halogenated alkanes) is 15. The number of allylic oxidation sites excluding steroid dienone is 8. The summed E-state index contributed by atoms with van der Waals surface area (Å²) in [6.07, 6.45) is 38.2. The van der Waals surface area contributed by atoms with Crippen LogP contribution in [-0.4, -0.2) is 74.3 Å². The lowest BCUT2D eigenvalue weighted by Crippen LogP contribution is -2.46. The SMILES string of the molecule is CCCCC/C=C\C/C=C\C/C=C\C=C\C(=O)CCCC(=O)N[C@@H](COP(=O)([O-])OCC[N+](C)(C)C)[C@H](O)CCCCCCCCCCCCCCC. The molecule has 0 rings (SSSR count). The summed E-state index contributed by atoms with van der Waals surface area (Å²) in [5.74, 6) is -0.444. The molecule has 1 unspecified atom stereocenters. The number of phosphoric ester groups is 1. The molecule has 0 aromatic carbocycles. The summed E-state index contributed by atoms with van der Waals surface area (Å²) in [4.78, 5) is 37.5. The van der Waals surface area contributed by atoms with Crippen LogP contribution >= 0.6 is 7.82 Å². The molecule has 10 heteroatoms. The van der Waals surface area contributed by atoms with Crippen LogP contribution in [0.3, 0.4) is 0 Å². The van der Waals surface area contributed by atoms with Crippen molar-refractivity contribution in [3.8, 4) is 0 Å². The maximum Gasteiger partial charge on any atom is 0.268 e. The second-order valence-electron chi connectivity index (χ2n) is 15.4. The number of nitrogens with one attached hydrogen (secondary N) is 1. The van der Waals surface area contributed by atoms with Crippen LogP contribution in [0.2, 0.25) is 0 Å². The number of carbonyl (C=O) groups is 2. The molecule has 0 aliphatic rings. The van der Waals surface area contributed by atoms with E-state index in [0.717, 1.165) is 44.9 Å². The Bertz CT molecular complexity index is 1070. The second-order valence-corrected chi connectivity index (χ2v) is 16.8. The van der Waals surface area contributed by atoms with Crippen LogP contribution in [0.15, 0.2) is 48.6 Å². The van der Waals surface area contributed by atoms with Gasteiger partial charge in [0.05, 0.1) is 39.9 Å². The van der Waals surface area contributed by atoms with E-state index in [1.54, 1.807) is 6.08 Å². The summed E-state index contributed by atoms with van der Waals surface area (Å²) in [7, 11) is 1.15. The summed E-state index contributed by atoms with van der Waals surface area (Å²) in [6, 6.07) is -0.916. The van der Waals surface area contributed by atoms with Gasteiger partial charge in [-0.15, -0.1) is 0 Å². The number of nitrogens with zero attached hydrogens (tertiary/aromatic N) is 1. The van der Waals surface area contributed by atoms with Gasteiger partial charge >= 0.3 is 0 Å². The molecule has 0 aliphatic heterocycles. The molecule has 0 saturated carbocycles. The van der Waals surface area contributed by atoms with Crippen LogP contribution in [-0.2, 0) is 23.2 Å². The predicted molar refractivity (Wildman–Crippen MR) is 219 cm³/mol. The van der Waals surface area contributed by atoms with Crippen LogP contribution in [0, 0.1) is 0 Å². The molecular formula is C43H79N2O7P. The highest BCUT2D eigenvalue weighted by Crippen LogP contribution is 2.38. The number of phosphoric acid groups is 1. The van der Waals surface area contributed by atoms with E-state index in [4.69, 9.17) is 9.05 Å². The van der Waals surface area contributed by atoms with Crippen LogP contribution in [0.1, 0.15) is 162 Å². The third kappa shape index (κ3) is 36.9. The quantitative estimate of drug-likeness (QED) is 0.0161. The van der Waals surface area contributed by atoms with Crippen LogP contribution in [0.5, 0.6) is 0 Å². The maximum absolute atomic E-state index is 12.8. The number of likely N-dealkylation sites (N-methyl/N-ethyl adjacent to an activating group) is 1. The minimum Gasteiger partial charge on any atom is -0.756 e. The van der Waals surface area contributed by atoms with Crippen molar-refractivity contribution in [1.82, 2.24) is 5.32 Å². The molecule has 3 atom stereocenters. The summed E-state index contributed by atoms with van der Waals surface area (Å²) < 4.78 is 23.1. The van der Waals surface area contributed by atoms with Crippen molar-refractivity contribution < 1.29 is 37.7 Å². The first-order chi connectivity index (χ1) is 25.4. The van der Waals surface area contributed by atoms with Gasteiger partial charge in [0.2, 0.25) is 5.91 Å². The van der Waals surface area contributed by atoms with E-state index in [1.165, 1.54) is 83.1 Å². The Hall–Kier alpha value is -1.87. The standard InChI is InChI=1S/C43H79N2O7P/c1-6-8-10-12-14-16-18-20-22-24-26-28-30-33-40(46)34-32-36-43(48)44-41(39-52-53(49,50)51-38-37-45(3,4)5)42(47)35-31-29-27-25-23-21-19-17-15-13-11-9-7-2/h14,16,20,22,26,28,30,33,41-42,47H,6-13,15,17-19,21,23-25,27,29,31-32,34-39H2,1-5H3,(H-,44,48,49,50)/b16-14-,22-20-,28-26-,33-30+/t41-,42+/m0/s1. The van der Waals surface area contributed by atoms with Crippen LogP contribution in [0.25, 0.3) is 0 Å². The number of quaternary nitrogens is 1. The summed E-state index contributed by atoms with van der Waals surface area (Å²) in [6.45, 7) is 4.47. The highest BCUT2D eigenvalue weighted by atomic mass is 31.2. The van der Waals surface area contributed by atoms with Crippen molar-refractivity contribution in [2.75, 3.05) is 40.9 Å². The fraction of sp³-hybridized carbons (Fsp3) is 0.767. The van der Waals surface area contributed by atoms with Crippen molar-refractivity contribution in [3.63, 3.8) is 0 Å². The number of aliphatic hydroxyl groups is 1. The molecule has 53 heavy (non-hydrogen) atoms. The largest absolute Gasteiger partial charge is 0.756 e. The Morgan fingerprint density at radius 3 is 1.87 bits per heavy atom. The van der Waals surface area contributed by atoms with Crippen molar-refractivity contribution in [1.29, 1.82) is 0 Å². The van der Waals surface area contributed by atoms with Gasteiger partial charge in [-0.3, -0.25) is 14.2 Å². The van der Waals surface area contributed by atoms with Crippen molar-refractivity contribution >= 4 is 19.5 Å². The van der Waals surface area contributed by atoms with Gasteiger partial charge in [0.1, 0.15) is 13.2 Å². The minimum absolute atomic E-state index is 0.0325. The van der Waals surface area contributed by atoms with Gasteiger partial charge in [0, 0.05) is 12.8 Å². The third-order valence-electron chi connectivity index (χ3n) is 9.05. The van der Waals surface area contributed by atoms with Gasteiger partial charge in [-0.05, 0) is 44.6 Å². The molecule has 0 aliphatic carbocycles. The Labute approximate surface area is 325 Å². The molecule has 0 spiro atoms. The lowest BCUT2D eigenvalue weighted by Gasteiger charge is -2.30. The van der Waals surface area contributed by atoms with E-state index in [-0.39, 0.29) is 31.1 Å². The lowest BCUT2D eigenvalue weighted by molar-refractivity contribution is -0.870. The van der Waals surface area contributed by atoms with E-state index in [2.05, 4.69) is 43.5 Å². The van der Waals surface area contributed by atoms with Gasteiger partial charge in [-0.1, -0.05) is 153 Å². The molecule has 0 radical (unpaired) electrons. The molecule has 0 aromatic heterocycles. The van der Waals surface area contributed by atoms with Crippen molar-refractivity contribution in [2.24, 2.45) is 0 Å². The topological polar surface area (TPSA) is 125 Å². The zero-order valence-electron chi connectivity index (χ0n) is 34.4. The van der Waals surface area contributed by atoms with Crippen LogP contribution < -0.4 is 10.2 Å². The van der Waals surface area contributed by atoms with E-state index in [9.17, 15) is 24.2 Å². The van der Waals surface area contributed by atoms with Gasteiger partial charge in [-0.2, -0.15) is 0 Å². The van der Waals surface area contributed by atoms with E-state index in [0.29, 0.717) is 23.9 Å². The fourth-order valence-corrected chi connectivity index (χ4v) is 6.36.